The summed E-state index contributed by atoms with van der Waals surface area (Å²) in [7, 11) is 0. The molecule has 9 aromatic rings. The molecule has 0 amide bonds. The second-order valence-electron chi connectivity index (χ2n) is 18.1. The molecule has 4 fully saturated rings. The van der Waals surface area contributed by atoms with Gasteiger partial charge in [0.15, 0.2) is 0 Å². The number of benzene rings is 8. The standard InChI is InChI=1S/C58H46N2/c1-3-12-40(13-4-1)41-22-24-42(25-23-41)43-26-28-47(29-27-43)59(48-30-31-55-51(37-48)49-16-8-10-20-54(49)60(55)46-14-5-2-6-15-46)56-21-11-19-53-57(56)50-17-7-9-18-52(50)58(53)44-33-38-32-39(35-44)36-45(58)34-38/h1-31,37-39,44-45H,32-36H2. The largest absolute Gasteiger partial charge is 0.310 e. The Hall–Kier alpha value is -6.64. The van der Waals surface area contributed by atoms with E-state index in [1.54, 1.807) is 11.1 Å². The molecular weight excluding hydrogens is 725 g/mol. The smallest absolute Gasteiger partial charge is 0.0543 e. The lowest BCUT2D eigenvalue weighted by Gasteiger charge is -2.61. The predicted octanol–water partition coefficient (Wildman–Crippen LogP) is 15.3. The maximum atomic E-state index is 2.57. The van der Waals surface area contributed by atoms with E-state index in [4.69, 9.17) is 0 Å². The number of rotatable bonds is 6. The Kier molecular flexibility index (Phi) is 7.52. The highest BCUT2D eigenvalue weighted by atomic mass is 15.1. The highest BCUT2D eigenvalue weighted by Gasteiger charge is 2.61. The van der Waals surface area contributed by atoms with Gasteiger partial charge in [-0.05, 0) is 149 Å². The van der Waals surface area contributed by atoms with Crippen LogP contribution in [-0.4, -0.2) is 4.57 Å². The fraction of sp³-hybridized carbons (Fsp3) is 0.172. The molecule has 5 aliphatic rings. The Morgan fingerprint density at radius 3 is 1.68 bits per heavy atom. The molecule has 0 aliphatic heterocycles. The average Bonchev–Trinajstić information content (AvgIpc) is 3.80. The first-order valence-corrected chi connectivity index (χ1v) is 22.1. The van der Waals surface area contributed by atoms with E-state index < -0.39 is 0 Å². The van der Waals surface area contributed by atoms with Gasteiger partial charge in [0, 0.05) is 38.8 Å². The topological polar surface area (TPSA) is 8.17 Å². The summed E-state index contributed by atoms with van der Waals surface area (Å²) in [6.07, 6.45) is 6.98. The third-order valence-electron chi connectivity index (χ3n) is 15.2. The van der Waals surface area contributed by atoms with Crippen LogP contribution in [0.25, 0.3) is 60.9 Å². The van der Waals surface area contributed by atoms with E-state index in [0.717, 1.165) is 11.8 Å². The van der Waals surface area contributed by atoms with Gasteiger partial charge in [-0.3, -0.25) is 0 Å². The highest BCUT2D eigenvalue weighted by molar-refractivity contribution is 6.11. The van der Waals surface area contributed by atoms with Gasteiger partial charge in [-0.25, -0.2) is 0 Å². The van der Waals surface area contributed by atoms with Crippen LogP contribution in [-0.2, 0) is 5.41 Å². The fourth-order valence-electron chi connectivity index (χ4n) is 13.0. The van der Waals surface area contributed by atoms with Crippen LogP contribution in [0.3, 0.4) is 0 Å². The Bertz CT molecular complexity index is 3060. The summed E-state index contributed by atoms with van der Waals surface area (Å²) in [5.41, 5.74) is 18.3. The SMILES string of the molecule is c1ccc(-c2ccc(-c3ccc(N(c4ccc5c(c4)c4ccccc4n5-c4ccccc4)c4cccc5c4-c4ccccc4C54C5CC6CC(C5)CC4C6)cc3)cc2)cc1. The van der Waals surface area contributed by atoms with E-state index in [-0.39, 0.29) is 5.41 Å². The van der Waals surface area contributed by atoms with Crippen molar-refractivity contribution in [3.63, 3.8) is 0 Å². The van der Waals surface area contributed by atoms with Gasteiger partial charge in [0.1, 0.15) is 0 Å². The van der Waals surface area contributed by atoms with Crippen molar-refractivity contribution in [2.75, 3.05) is 4.90 Å². The number of anilines is 3. The molecule has 1 aromatic heterocycles. The van der Waals surface area contributed by atoms with Gasteiger partial charge in [0.25, 0.3) is 0 Å². The van der Waals surface area contributed by atoms with Crippen LogP contribution in [0.4, 0.5) is 17.1 Å². The molecule has 0 saturated heterocycles. The number of nitrogens with zero attached hydrogens (tertiary/aromatic N) is 2. The van der Waals surface area contributed by atoms with Gasteiger partial charge >= 0.3 is 0 Å². The maximum Gasteiger partial charge on any atom is 0.0543 e. The van der Waals surface area contributed by atoms with E-state index in [1.165, 1.54) is 110 Å². The Morgan fingerprint density at radius 1 is 0.417 bits per heavy atom. The maximum absolute atomic E-state index is 2.57. The summed E-state index contributed by atoms with van der Waals surface area (Å²) < 4.78 is 2.42. The first-order chi connectivity index (χ1) is 29.7. The molecule has 2 heteroatoms. The zero-order valence-electron chi connectivity index (χ0n) is 33.7. The number of fused-ring (bicyclic) bond motifs is 6. The van der Waals surface area contributed by atoms with Crippen LogP contribution in [0.15, 0.2) is 194 Å². The molecule has 1 heterocycles. The predicted molar refractivity (Wildman–Crippen MR) is 250 cm³/mol. The minimum absolute atomic E-state index is 0.101. The second-order valence-corrected chi connectivity index (χ2v) is 18.1. The number of hydrogen-bond donors (Lipinski definition) is 0. The van der Waals surface area contributed by atoms with E-state index in [2.05, 4.69) is 204 Å². The van der Waals surface area contributed by atoms with Crippen molar-refractivity contribution in [3.05, 3.63) is 205 Å². The van der Waals surface area contributed by atoms with Gasteiger partial charge in [-0.15, -0.1) is 0 Å². The molecule has 288 valence electrons. The summed E-state index contributed by atoms with van der Waals surface area (Å²) in [6.45, 7) is 0. The quantitative estimate of drug-likeness (QED) is 0.163. The molecule has 4 bridgehead atoms. The zero-order valence-corrected chi connectivity index (χ0v) is 33.7. The number of aromatic nitrogens is 1. The van der Waals surface area contributed by atoms with Crippen LogP contribution in [0.5, 0.6) is 0 Å². The molecule has 8 aromatic carbocycles. The average molecular weight is 771 g/mol. The number of para-hydroxylation sites is 2. The molecule has 4 saturated carbocycles. The first-order valence-electron chi connectivity index (χ1n) is 22.1. The molecule has 1 spiro atoms. The van der Waals surface area contributed by atoms with Crippen LogP contribution in [0, 0.1) is 23.7 Å². The van der Waals surface area contributed by atoms with E-state index >= 15 is 0 Å². The van der Waals surface area contributed by atoms with Gasteiger partial charge in [0.2, 0.25) is 0 Å². The van der Waals surface area contributed by atoms with Crippen LogP contribution >= 0.6 is 0 Å². The van der Waals surface area contributed by atoms with E-state index in [0.29, 0.717) is 11.8 Å². The highest BCUT2D eigenvalue weighted by Crippen LogP contribution is 2.70. The second kappa shape index (κ2) is 13.2. The fourth-order valence-corrected chi connectivity index (χ4v) is 13.0. The summed E-state index contributed by atoms with van der Waals surface area (Å²) in [6, 6.07) is 72.7. The van der Waals surface area contributed by atoms with Gasteiger partial charge in [-0.2, -0.15) is 0 Å². The molecule has 0 unspecified atom stereocenters. The van der Waals surface area contributed by atoms with E-state index in [9.17, 15) is 0 Å². The monoisotopic (exact) mass is 770 g/mol. The molecule has 0 atom stereocenters. The van der Waals surface area contributed by atoms with Crippen molar-refractivity contribution in [3.8, 4) is 39.1 Å². The van der Waals surface area contributed by atoms with E-state index in [1.807, 2.05) is 0 Å². The Morgan fingerprint density at radius 2 is 0.967 bits per heavy atom. The van der Waals surface area contributed by atoms with Crippen molar-refractivity contribution in [1.29, 1.82) is 0 Å². The van der Waals surface area contributed by atoms with Gasteiger partial charge < -0.3 is 9.47 Å². The third kappa shape index (κ3) is 4.94. The molecule has 2 nitrogen and oxygen atoms in total. The zero-order chi connectivity index (χ0) is 39.4. The summed E-state index contributed by atoms with van der Waals surface area (Å²) in [5, 5.41) is 2.53. The molecule has 5 aliphatic carbocycles. The van der Waals surface area contributed by atoms with Crippen LogP contribution < -0.4 is 4.90 Å². The Balaban J connectivity index is 1.00. The van der Waals surface area contributed by atoms with Crippen molar-refractivity contribution in [2.24, 2.45) is 23.7 Å². The Labute approximate surface area is 352 Å². The van der Waals surface area contributed by atoms with Gasteiger partial charge in [-0.1, -0.05) is 140 Å². The molecule has 0 radical (unpaired) electrons. The van der Waals surface area contributed by atoms with Crippen LogP contribution in [0.2, 0.25) is 0 Å². The molecule has 0 N–H and O–H groups in total. The molecule has 60 heavy (non-hydrogen) atoms. The van der Waals surface area contributed by atoms with Gasteiger partial charge in [0.05, 0.1) is 16.7 Å². The lowest BCUT2D eigenvalue weighted by Crippen LogP contribution is -2.55. The summed E-state index contributed by atoms with van der Waals surface area (Å²) >= 11 is 0. The normalized spacial score (nSPS) is 22.1. The first kappa shape index (κ1) is 34.2. The van der Waals surface area contributed by atoms with Crippen LogP contribution in [0.1, 0.15) is 43.2 Å². The van der Waals surface area contributed by atoms with Crippen molar-refractivity contribution in [1.82, 2.24) is 4.57 Å². The molecule has 14 rings (SSSR count). The summed E-state index contributed by atoms with van der Waals surface area (Å²) in [4.78, 5) is 2.57. The number of hydrogen-bond acceptors (Lipinski definition) is 1. The van der Waals surface area contributed by atoms with Crippen molar-refractivity contribution < 1.29 is 0 Å². The minimum atomic E-state index is 0.101. The summed E-state index contributed by atoms with van der Waals surface area (Å²) in [5.74, 6) is 3.25. The lowest BCUT2D eigenvalue weighted by molar-refractivity contribution is -0.0399. The lowest BCUT2D eigenvalue weighted by atomic mass is 9.43. The van der Waals surface area contributed by atoms with Crippen molar-refractivity contribution >= 4 is 38.9 Å². The minimum Gasteiger partial charge on any atom is -0.310 e. The third-order valence-corrected chi connectivity index (χ3v) is 15.2. The molecular formula is C58H46N2. The van der Waals surface area contributed by atoms with Crippen molar-refractivity contribution in [2.45, 2.75) is 37.5 Å².